The highest BCUT2D eigenvalue weighted by atomic mass is 32.2. The standard InChI is InChI=1S/C14H22N4O4S2/c1-3-16(4-2)13(19)11-9-23-10-18(11)24(20,21)12-8-15-17-6-5-7-22-14(12)17/h8,11H,3-7,9-10H2,1-2H3. The van der Waals surface area contributed by atoms with Gasteiger partial charge in [0.05, 0.1) is 18.7 Å². The van der Waals surface area contributed by atoms with E-state index in [1.807, 2.05) is 13.8 Å². The Labute approximate surface area is 146 Å². The summed E-state index contributed by atoms with van der Waals surface area (Å²) in [6.45, 7) is 6.04. The molecular formula is C14H22N4O4S2. The minimum Gasteiger partial charge on any atom is -0.477 e. The van der Waals surface area contributed by atoms with Crippen LogP contribution in [0.25, 0.3) is 0 Å². The molecule has 1 fully saturated rings. The van der Waals surface area contributed by atoms with Crippen LogP contribution in [-0.4, -0.2) is 70.7 Å². The Kier molecular flexibility index (Phi) is 5.07. The Morgan fingerprint density at radius 1 is 1.46 bits per heavy atom. The molecule has 0 bridgehead atoms. The highest BCUT2D eigenvalue weighted by Gasteiger charge is 2.43. The lowest BCUT2D eigenvalue weighted by Crippen LogP contribution is -2.48. The van der Waals surface area contributed by atoms with Crippen LogP contribution in [0.5, 0.6) is 5.88 Å². The van der Waals surface area contributed by atoms with Gasteiger partial charge in [0, 0.05) is 31.8 Å². The summed E-state index contributed by atoms with van der Waals surface area (Å²) in [6.07, 6.45) is 2.13. The lowest BCUT2D eigenvalue weighted by Gasteiger charge is -2.27. The predicted octanol–water partition coefficient (Wildman–Crippen LogP) is 0.598. The number of fused-ring (bicyclic) bond motifs is 1. The molecule has 8 nitrogen and oxygen atoms in total. The zero-order chi connectivity index (χ0) is 17.3. The number of thioether (sulfide) groups is 1. The Morgan fingerprint density at radius 2 is 2.21 bits per heavy atom. The van der Waals surface area contributed by atoms with Gasteiger partial charge in [0.15, 0.2) is 4.90 Å². The Balaban J connectivity index is 1.91. The first kappa shape index (κ1) is 17.6. The average Bonchev–Trinajstić information content (AvgIpc) is 3.23. The van der Waals surface area contributed by atoms with Crippen LogP contribution in [0.2, 0.25) is 0 Å². The van der Waals surface area contributed by atoms with Crippen molar-refractivity contribution in [2.75, 3.05) is 31.3 Å². The molecule has 2 aliphatic rings. The second kappa shape index (κ2) is 6.93. The number of rotatable bonds is 5. The van der Waals surface area contributed by atoms with Gasteiger partial charge in [-0.2, -0.15) is 9.40 Å². The summed E-state index contributed by atoms with van der Waals surface area (Å²) in [5.41, 5.74) is 0. The second-order valence-corrected chi connectivity index (χ2v) is 8.52. The van der Waals surface area contributed by atoms with Crippen molar-refractivity contribution in [3.8, 4) is 5.88 Å². The van der Waals surface area contributed by atoms with Crippen molar-refractivity contribution in [1.29, 1.82) is 0 Å². The fourth-order valence-corrected chi connectivity index (χ4v) is 6.15. The summed E-state index contributed by atoms with van der Waals surface area (Å²) in [6, 6.07) is -0.668. The molecule has 24 heavy (non-hydrogen) atoms. The van der Waals surface area contributed by atoms with Gasteiger partial charge in [0.25, 0.3) is 10.0 Å². The number of aromatic nitrogens is 2. The molecule has 134 valence electrons. The average molecular weight is 374 g/mol. The molecule has 0 spiro atoms. The third kappa shape index (κ3) is 2.91. The summed E-state index contributed by atoms with van der Waals surface area (Å²) >= 11 is 1.45. The number of ether oxygens (including phenoxy) is 1. The minimum atomic E-state index is -3.82. The zero-order valence-corrected chi connectivity index (χ0v) is 15.5. The molecule has 1 aromatic rings. The Morgan fingerprint density at radius 3 is 2.92 bits per heavy atom. The fraction of sp³-hybridized carbons (Fsp3) is 0.714. The third-order valence-electron chi connectivity index (χ3n) is 4.30. The van der Waals surface area contributed by atoms with E-state index in [2.05, 4.69) is 5.10 Å². The molecule has 1 aromatic heterocycles. The number of likely N-dealkylation sites (N-methyl/N-ethyl adjacent to an activating group) is 1. The van der Waals surface area contributed by atoms with E-state index in [1.165, 1.54) is 22.3 Å². The number of aryl methyl sites for hydroxylation is 1. The highest BCUT2D eigenvalue weighted by Crippen LogP contribution is 2.34. The maximum Gasteiger partial charge on any atom is 0.251 e. The summed E-state index contributed by atoms with van der Waals surface area (Å²) in [4.78, 5) is 14.4. The number of hydrogen-bond acceptors (Lipinski definition) is 6. The lowest BCUT2D eigenvalue weighted by atomic mass is 10.3. The van der Waals surface area contributed by atoms with E-state index in [4.69, 9.17) is 4.74 Å². The number of amides is 1. The number of sulfonamides is 1. The van der Waals surface area contributed by atoms with Crippen LogP contribution in [0, 0.1) is 0 Å². The predicted molar refractivity (Wildman–Crippen MR) is 90.4 cm³/mol. The van der Waals surface area contributed by atoms with Gasteiger partial charge in [0.1, 0.15) is 6.04 Å². The van der Waals surface area contributed by atoms with Crippen LogP contribution in [0.4, 0.5) is 0 Å². The molecule has 0 radical (unpaired) electrons. The van der Waals surface area contributed by atoms with Gasteiger partial charge in [-0.1, -0.05) is 0 Å². The summed E-state index contributed by atoms with van der Waals surface area (Å²) in [7, 11) is -3.82. The molecule has 1 unspecified atom stereocenters. The van der Waals surface area contributed by atoms with E-state index >= 15 is 0 Å². The number of carbonyl (C=O) groups is 1. The Hall–Kier alpha value is -1.26. The van der Waals surface area contributed by atoms with Crippen molar-refractivity contribution in [2.24, 2.45) is 0 Å². The van der Waals surface area contributed by atoms with Crippen LogP contribution in [0.15, 0.2) is 11.1 Å². The zero-order valence-electron chi connectivity index (χ0n) is 13.8. The van der Waals surface area contributed by atoms with Crippen LogP contribution in [0.1, 0.15) is 20.3 Å². The molecule has 10 heteroatoms. The van der Waals surface area contributed by atoms with E-state index in [-0.39, 0.29) is 22.6 Å². The van der Waals surface area contributed by atoms with Gasteiger partial charge in [0.2, 0.25) is 11.8 Å². The lowest BCUT2D eigenvalue weighted by molar-refractivity contribution is -0.133. The quantitative estimate of drug-likeness (QED) is 0.750. The number of hydrogen-bond donors (Lipinski definition) is 0. The van der Waals surface area contributed by atoms with Crippen molar-refractivity contribution in [3.05, 3.63) is 6.20 Å². The fourth-order valence-electron chi connectivity index (χ4n) is 2.95. The van der Waals surface area contributed by atoms with Crippen LogP contribution in [-0.2, 0) is 21.4 Å². The van der Waals surface area contributed by atoms with E-state index < -0.39 is 16.1 Å². The van der Waals surface area contributed by atoms with Crippen molar-refractivity contribution in [2.45, 2.75) is 37.8 Å². The van der Waals surface area contributed by atoms with E-state index in [0.29, 0.717) is 32.0 Å². The van der Waals surface area contributed by atoms with Crippen LogP contribution in [0.3, 0.4) is 0 Å². The van der Waals surface area contributed by atoms with Crippen molar-refractivity contribution >= 4 is 27.7 Å². The van der Waals surface area contributed by atoms with E-state index in [1.54, 1.807) is 9.58 Å². The van der Waals surface area contributed by atoms with Gasteiger partial charge in [-0.15, -0.1) is 11.8 Å². The SMILES string of the molecule is CCN(CC)C(=O)C1CSCN1S(=O)(=O)c1cnn2c1OCCC2. The van der Waals surface area contributed by atoms with E-state index in [0.717, 1.165) is 6.42 Å². The molecule has 2 aliphatic heterocycles. The van der Waals surface area contributed by atoms with Crippen LogP contribution >= 0.6 is 11.8 Å². The normalized spacial score (nSPS) is 21.3. The smallest absolute Gasteiger partial charge is 0.251 e. The van der Waals surface area contributed by atoms with Crippen LogP contribution < -0.4 is 4.74 Å². The number of carbonyl (C=O) groups excluding carboxylic acids is 1. The first-order valence-electron chi connectivity index (χ1n) is 8.07. The Bertz CT molecular complexity index is 714. The first-order chi connectivity index (χ1) is 11.5. The van der Waals surface area contributed by atoms with Crippen molar-refractivity contribution in [3.63, 3.8) is 0 Å². The summed E-state index contributed by atoms with van der Waals surface area (Å²) < 4.78 is 34.6. The molecule has 0 aliphatic carbocycles. The summed E-state index contributed by atoms with van der Waals surface area (Å²) in [5, 5.41) is 4.12. The topological polar surface area (TPSA) is 84.7 Å². The minimum absolute atomic E-state index is 0.0575. The molecule has 3 heterocycles. The van der Waals surface area contributed by atoms with Gasteiger partial charge >= 0.3 is 0 Å². The highest BCUT2D eigenvalue weighted by molar-refractivity contribution is 8.00. The monoisotopic (exact) mass is 374 g/mol. The number of nitrogens with zero attached hydrogens (tertiary/aromatic N) is 4. The van der Waals surface area contributed by atoms with Gasteiger partial charge in [-0.25, -0.2) is 13.1 Å². The molecular weight excluding hydrogens is 352 g/mol. The molecule has 3 rings (SSSR count). The second-order valence-electron chi connectivity index (χ2n) is 5.66. The molecule has 0 aromatic carbocycles. The van der Waals surface area contributed by atoms with Gasteiger partial charge in [-0.3, -0.25) is 4.79 Å². The molecule has 1 amide bonds. The molecule has 0 saturated carbocycles. The third-order valence-corrected chi connectivity index (χ3v) is 7.31. The van der Waals surface area contributed by atoms with Crippen molar-refractivity contribution < 1.29 is 17.9 Å². The van der Waals surface area contributed by atoms with Crippen molar-refractivity contribution in [1.82, 2.24) is 19.0 Å². The largest absolute Gasteiger partial charge is 0.477 e. The molecule has 1 saturated heterocycles. The molecule has 0 N–H and O–H groups in total. The maximum atomic E-state index is 13.1. The maximum absolute atomic E-state index is 13.1. The molecule has 1 atom stereocenters. The van der Waals surface area contributed by atoms with Gasteiger partial charge < -0.3 is 9.64 Å². The van der Waals surface area contributed by atoms with E-state index in [9.17, 15) is 13.2 Å². The summed E-state index contributed by atoms with van der Waals surface area (Å²) in [5.74, 6) is 0.881. The first-order valence-corrected chi connectivity index (χ1v) is 10.7. The van der Waals surface area contributed by atoms with Gasteiger partial charge in [-0.05, 0) is 13.8 Å².